The van der Waals surface area contributed by atoms with Crippen molar-refractivity contribution in [1.29, 1.82) is 5.41 Å². The van der Waals surface area contributed by atoms with E-state index in [1.807, 2.05) is 0 Å². The van der Waals surface area contributed by atoms with Crippen molar-refractivity contribution in [2.45, 2.75) is 26.4 Å². The molecule has 0 atom stereocenters. The number of halogens is 3. The third kappa shape index (κ3) is 8.25. The van der Waals surface area contributed by atoms with Crippen molar-refractivity contribution in [2.24, 2.45) is 0 Å². The summed E-state index contributed by atoms with van der Waals surface area (Å²) in [5, 5.41) is 10.5. The summed E-state index contributed by atoms with van der Waals surface area (Å²) in [5.74, 6) is 0. The summed E-state index contributed by atoms with van der Waals surface area (Å²) in [6, 6.07) is 0. The van der Waals surface area contributed by atoms with Gasteiger partial charge in [-0.05, 0) is 6.42 Å². The summed E-state index contributed by atoms with van der Waals surface area (Å²) in [4.78, 5) is 27.3. The van der Waals surface area contributed by atoms with Crippen LogP contribution in [0.5, 0.6) is 0 Å². The van der Waals surface area contributed by atoms with E-state index in [1.54, 1.807) is 14.0 Å². The van der Waals surface area contributed by atoms with Gasteiger partial charge in [0.2, 0.25) is 0 Å². The van der Waals surface area contributed by atoms with Gasteiger partial charge in [-0.25, -0.2) is 4.79 Å². The highest BCUT2D eigenvalue weighted by Gasteiger charge is 2.15. The van der Waals surface area contributed by atoms with Crippen LogP contribution in [-0.2, 0) is 4.74 Å². The highest BCUT2D eigenvalue weighted by Crippen LogP contribution is 2.10. The topological polar surface area (TPSA) is 111 Å². The molecule has 4 N–H and O–H groups in total. The molecule has 7 nitrogen and oxygen atoms in total. The molecule has 22 heavy (non-hydrogen) atoms. The lowest BCUT2D eigenvalue weighted by atomic mass is 10.2. The summed E-state index contributed by atoms with van der Waals surface area (Å²) in [7, 11) is 1.55. The number of H-pyrrole nitrogens is 2. The average Bonchev–Trinajstić information content (AvgIpc) is 2.38. The summed E-state index contributed by atoms with van der Waals surface area (Å²) >= 11 is 0. The van der Waals surface area contributed by atoms with Crippen LogP contribution in [0.25, 0.3) is 0 Å². The Labute approximate surface area is 124 Å². The number of anilines is 1. The van der Waals surface area contributed by atoms with Gasteiger partial charge < -0.3 is 20.4 Å². The third-order valence-corrected chi connectivity index (χ3v) is 2.21. The van der Waals surface area contributed by atoms with E-state index in [0.29, 0.717) is 19.6 Å². The predicted octanol–water partition coefficient (Wildman–Crippen LogP) is 1.47. The van der Waals surface area contributed by atoms with Gasteiger partial charge in [0.25, 0.3) is 5.56 Å². The molecule has 0 saturated carbocycles. The second-order valence-corrected chi connectivity index (χ2v) is 4.19. The molecule has 0 saturated heterocycles. The highest BCUT2D eigenvalue weighted by atomic mass is 19.4. The van der Waals surface area contributed by atoms with E-state index >= 15 is 0 Å². The predicted molar refractivity (Wildman–Crippen MR) is 76.9 cm³/mol. The van der Waals surface area contributed by atoms with Gasteiger partial charge in [-0.1, -0.05) is 6.92 Å². The van der Waals surface area contributed by atoms with Crippen molar-refractivity contribution in [3.63, 3.8) is 0 Å². The second-order valence-electron chi connectivity index (χ2n) is 4.19. The van der Waals surface area contributed by atoms with Crippen LogP contribution < -0.4 is 16.6 Å². The number of ether oxygens (including phenoxy) is 1. The van der Waals surface area contributed by atoms with Crippen LogP contribution in [0, 0.1) is 5.41 Å². The SMILES string of the molecule is CC(F)(F)F.CCC(=N)c1[nH]c(=O)[nH]c(=O)c1NCCOC. The summed E-state index contributed by atoms with van der Waals surface area (Å²) in [5.41, 5.74) is -0.502. The van der Waals surface area contributed by atoms with Crippen molar-refractivity contribution < 1.29 is 17.9 Å². The molecule has 126 valence electrons. The number of alkyl halides is 3. The Kier molecular flexibility index (Phi) is 8.17. The maximum atomic E-state index is 11.6. The van der Waals surface area contributed by atoms with Gasteiger partial charge in [-0.15, -0.1) is 0 Å². The second kappa shape index (κ2) is 9.03. The maximum absolute atomic E-state index is 11.6. The van der Waals surface area contributed by atoms with Gasteiger partial charge in [-0.2, -0.15) is 13.2 Å². The first-order chi connectivity index (χ1) is 10.1. The minimum atomic E-state index is -4.00. The molecule has 1 heterocycles. The van der Waals surface area contributed by atoms with Crippen molar-refractivity contribution in [3.05, 3.63) is 26.5 Å². The zero-order valence-corrected chi connectivity index (χ0v) is 12.5. The molecule has 1 rings (SSSR count). The minimum Gasteiger partial charge on any atom is -0.383 e. The highest BCUT2D eigenvalue weighted by molar-refractivity contribution is 6.00. The van der Waals surface area contributed by atoms with Gasteiger partial charge in [-0.3, -0.25) is 9.78 Å². The first kappa shape index (κ1) is 19.9. The minimum absolute atomic E-state index is 0.188. The summed E-state index contributed by atoms with van der Waals surface area (Å²) in [6.07, 6.45) is -3.57. The van der Waals surface area contributed by atoms with Crippen LogP contribution in [-0.4, -0.2) is 42.1 Å². The third-order valence-electron chi connectivity index (χ3n) is 2.21. The summed E-state index contributed by atoms with van der Waals surface area (Å²) in [6.45, 7) is 2.82. The number of nitrogens with one attached hydrogen (secondary N) is 4. The fraction of sp³-hybridized carbons (Fsp3) is 0.583. The normalized spacial score (nSPS) is 10.6. The Balaban J connectivity index is 0.000000763. The molecule has 1 aromatic heterocycles. The van der Waals surface area contributed by atoms with Crippen LogP contribution in [0.1, 0.15) is 26.0 Å². The Morgan fingerprint density at radius 1 is 1.32 bits per heavy atom. The van der Waals surface area contributed by atoms with E-state index in [0.717, 1.165) is 0 Å². The lowest BCUT2D eigenvalue weighted by molar-refractivity contribution is -0.110. The first-order valence-corrected chi connectivity index (χ1v) is 6.34. The number of rotatable bonds is 6. The average molecular weight is 324 g/mol. The zero-order valence-electron chi connectivity index (χ0n) is 12.5. The first-order valence-electron chi connectivity index (χ1n) is 6.34. The van der Waals surface area contributed by atoms with Gasteiger partial charge in [0.15, 0.2) is 0 Å². The molecule has 0 aliphatic carbocycles. The molecule has 0 amide bonds. The van der Waals surface area contributed by atoms with E-state index < -0.39 is 17.4 Å². The number of aromatic nitrogens is 2. The summed E-state index contributed by atoms with van der Waals surface area (Å²) < 4.78 is 35.9. The molecule has 1 aromatic rings. The van der Waals surface area contributed by atoms with E-state index in [1.165, 1.54) is 0 Å². The molecule has 0 fully saturated rings. The van der Waals surface area contributed by atoms with Crippen LogP contribution in [0.4, 0.5) is 18.9 Å². The molecular formula is C12H19F3N4O3. The smallest absolute Gasteiger partial charge is 0.383 e. The Hall–Kier alpha value is -2.10. The molecule has 0 aliphatic heterocycles. The van der Waals surface area contributed by atoms with Crippen LogP contribution in [0.2, 0.25) is 0 Å². The quantitative estimate of drug-likeness (QED) is 0.469. The van der Waals surface area contributed by atoms with Crippen molar-refractivity contribution >= 4 is 11.4 Å². The lowest BCUT2D eigenvalue weighted by Gasteiger charge is -2.09. The fourth-order valence-electron chi connectivity index (χ4n) is 1.34. The molecule has 0 spiro atoms. The van der Waals surface area contributed by atoms with Crippen LogP contribution in [0.15, 0.2) is 9.59 Å². The maximum Gasteiger partial charge on any atom is 0.386 e. The Morgan fingerprint density at radius 3 is 2.32 bits per heavy atom. The Morgan fingerprint density at radius 2 is 1.86 bits per heavy atom. The van der Waals surface area contributed by atoms with Crippen LogP contribution >= 0.6 is 0 Å². The lowest BCUT2D eigenvalue weighted by Crippen LogP contribution is -2.30. The number of aromatic amines is 2. The van der Waals surface area contributed by atoms with E-state index in [9.17, 15) is 22.8 Å². The van der Waals surface area contributed by atoms with Crippen LogP contribution in [0.3, 0.4) is 0 Å². The fourth-order valence-corrected chi connectivity index (χ4v) is 1.34. The molecule has 10 heteroatoms. The Bertz CT molecular complexity index is 587. The van der Waals surface area contributed by atoms with Crippen molar-refractivity contribution in [2.75, 3.05) is 25.6 Å². The van der Waals surface area contributed by atoms with Gasteiger partial charge in [0.05, 0.1) is 18.0 Å². The van der Waals surface area contributed by atoms with Crippen molar-refractivity contribution in [1.82, 2.24) is 9.97 Å². The van der Waals surface area contributed by atoms with E-state index in [-0.39, 0.29) is 24.0 Å². The molecule has 0 bridgehead atoms. The number of hydrogen-bond donors (Lipinski definition) is 4. The molecular weight excluding hydrogens is 305 g/mol. The van der Waals surface area contributed by atoms with E-state index in [2.05, 4.69) is 15.3 Å². The zero-order chi connectivity index (χ0) is 17.3. The number of methoxy groups -OCH3 is 1. The molecule has 0 radical (unpaired) electrons. The standard InChI is InChI=1S/C10H16N4O3.C2H3F3/c1-3-6(11)7-8(12-4-5-17-2)9(15)14-10(16)13-7;1-2(3,4)5/h11-12H,3-5H2,1-2H3,(H2,13,14,15,16);1H3. The van der Waals surface area contributed by atoms with Gasteiger partial charge in [0, 0.05) is 20.6 Å². The van der Waals surface area contributed by atoms with Gasteiger partial charge in [0.1, 0.15) is 5.69 Å². The molecule has 0 aliphatic rings. The molecule has 0 unspecified atom stereocenters. The number of hydrogen-bond acceptors (Lipinski definition) is 5. The van der Waals surface area contributed by atoms with Crippen molar-refractivity contribution in [3.8, 4) is 0 Å². The monoisotopic (exact) mass is 324 g/mol. The van der Waals surface area contributed by atoms with E-state index in [4.69, 9.17) is 10.1 Å². The van der Waals surface area contributed by atoms with Gasteiger partial charge >= 0.3 is 11.9 Å². The largest absolute Gasteiger partial charge is 0.386 e. The molecule has 0 aromatic carbocycles.